The molecule has 1 fully saturated rings. The monoisotopic (exact) mass is 511 g/mol. The van der Waals surface area contributed by atoms with E-state index in [0.29, 0.717) is 12.2 Å². The number of aromatic nitrogens is 1. The van der Waals surface area contributed by atoms with Crippen molar-refractivity contribution in [3.05, 3.63) is 22.8 Å². The maximum Gasteiger partial charge on any atom is 0.357 e. The first-order valence-corrected chi connectivity index (χ1v) is 12.4. The summed E-state index contributed by atoms with van der Waals surface area (Å²) in [5, 5.41) is 7.60. The minimum atomic E-state index is -0.886. The number of nitrogen functional groups attached to an aromatic ring is 1. The number of fused-ring (bicyclic) bond motifs is 1. The Morgan fingerprint density at radius 2 is 2.12 bits per heavy atom. The minimum absolute atomic E-state index is 0.0411. The Bertz CT molecular complexity index is 1010. The zero-order valence-corrected chi connectivity index (χ0v) is 20.3. The quantitative estimate of drug-likeness (QED) is 0.109. The van der Waals surface area contributed by atoms with E-state index in [4.69, 9.17) is 20.0 Å². The fraction of sp³-hybridized carbons (Fsp3) is 0.500. The number of thioether (sulfide) groups is 1. The normalized spacial score (nSPS) is 19.5. The van der Waals surface area contributed by atoms with Gasteiger partial charge >= 0.3 is 11.9 Å². The lowest BCUT2D eigenvalue weighted by Gasteiger charge is -2.48. The van der Waals surface area contributed by atoms with Gasteiger partial charge in [0.25, 0.3) is 11.8 Å². The van der Waals surface area contributed by atoms with E-state index in [1.165, 1.54) is 23.8 Å². The SMILES string of the molecule is CCCCCC(=O)OCOC(=O)C1=CCS[C@@H]2C(NC(=O)C(=NOC)c3csc(N)n3)C(=O)N12. The lowest BCUT2D eigenvalue weighted by Crippen LogP contribution is -2.70. The molecule has 0 bridgehead atoms. The predicted molar refractivity (Wildman–Crippen MR) is 124 cm³/mol. The maximum absolute atomic E-state index is 12.8. The van der Waals surface area contributed by atoms with Gasteiger partial charge in [-0.05, 0) is 12.5 Å². The number of esters is 2. The average molecular weight is 512 g/mol. The summed E-state index contributed by atoms with van der Waals surface area (Å²) in [5.74, 6) is -1.97. The summed E-state index contributed by atoms with van der Waals surface area (Å²) < 4.78 is 9.92. The van der Waals surface area contributed by atoms with Crippen LogP contribution in [0.2, 0.25) is 0 Å². The number of ether oxygens (including phenoxy) is 2. The van der Waals surface area contributed by atoms with E-state index in [2.05, 4.69) is 15.5 Å². The highest BCUT2D eigenvalue weighted by Gasteiger charge is 2.53. The molecule has 34 heavy (non-hydrogen) atoms. The third kappa shape index (κ3) is 5.86. The molecular weight excluding hydrogens is 486 g/mol. The van der Waals surface area contributed by atoms with Gasteiger partial charge in [-0.1, -0.05) is 24.9 Å². The number of oxime groups is 1. The lowest BCUT2D eigenvalue weighted by atomic mass is 10.0. The average Bonchev–Trinajstić information content (AvgIpc) is 3.25. The van der Waals surface area contributed by atoms with Gasteiger partial charge in [0.05, 0.1) is 0 Å². The number of unbranched alkanes of at least 4 members (excludes halogenated alkanes) is 2. The molecule has 0 spiro atoms. The van der Waals surface area contributed by atoms with Crippen molar-refractivity contribution < 1.29 is 33.5 Å². The van der Waals surface area contributed by atoms with Crippen LogP contribution in [-0.4, -0.2) is 70.4 Å². The second kappa shape index (κ2) is 11.8. The first-order valence-electron chi connectivity index (χ1n) is 10.5. The molecule has 1 aromatic rings. The summed E-state index contributed by atoms with van der Waals surface area (Å²) in [6, 6.07) is -0.886. The molecule has 2 atom stereocenters. The van der Waals surface area contributed by atoms with Crippen molar-refractivity contribution in [2.24, 2.45) is 5.16 Å². The van der Waals surface area contributed by atoms with Crippen LogP contribution in [0.5, 0.6) is 0 Å². The Hall–Kier alpha value is -3.13. The number of nitrogens with zero attached hydrogens (tertiary/aromatic N) is 3. The Labute approximate surface area is 203 Å². The van der Waals surface area contributed by atoms with Gasteiger partial charge in [0, 0.05) is 17.6 Å². The number of rotatable bonds is 11. The summed E-state index contributed by atoms with van der Waals surface area (Å²) in [6.45, 7) is 1.49. The molecule has 0 radical (unpaired) electrons. The summed E-state index contributed by atoms with van der Waals surface area (Å²) in [6.07, 6.45) is 4.39. The standard InChI is InChI=1S/C20H25N5O7S2/c1-3-4-5-6-13(26)31-10-32-19(29)12-7-8-33-18-15(17(28)25(12)18)23-16(27)14(24-30-2)11-9-34-20(21)22-11/h7,9,15,18H,3-6,8,10H2,1-2H3,(H2,21,22)(H,23,27)/t15?,18-/m1/s1. The number of hydrogen-bond acceptors (Lipinski definition) is 12. The van der Waals surface area contributed by atoms with Crippen LogP contribution in [-0.2, 0) is 33.5 Å². The lowest BCUT2D eigenvalue weighted by molar-refractivity contribution is -0.168. The van der Waals surface area contributed by atoms with E-state index >= 15 is 0 Å². The van der Waals surface area contributed by atoms with Crippen molar-refractivity contribution >= 4 is 57.7 Å². The molecule has 184 valence electrons. The van der Waals surface area contributed by atoms with Gasteiger partial charge in [0.2, 0.25) is 6.79 Å². The van der Waals surface area contributed by atoms with Crippen molar-refractivity contribution in [2.45, 2.75) is 44.0 Å². The van der Waals surface area contributed by atoms with Crippen molar-refractivity contribution in [1.82, 2.24) is 15.2 Å². The second-order valence-electron chi connectivity index (χ2n) is 7.19. The third-order valence-electron chi connectivity index (χ3n) is 4.90. The van der Waals surface area contributed by atoms with E-state index in [1.807, 2.05) is 6.92 Å². The van der Waals surface area contributed by atoms with Crippen molar-refractivity contribution in [3.8, 4) is 0 Å². The molecule has 2 amide bonds. The largest absolute Gasteiger partial charge is 0.428 e. The highest BCUT2D eigenvalue weighted by Crippen LogP contribution is 2.37. The van der Waals surface area contributed by atoms with Crippen molar-refractivity contribution in [2.75, 3.05) is 25.4 Å². The van der Waals surface area contributed by atoms with E-state index in [9.17, 15) is 19.2 Å². The van der Waals surface area contributed by atoms with Crippen LogP contribution in [0.4, 0.5) is 5.13 Å². The van der Waals surface area contributed by atoms with Gasteiger partial charge < -0.3 is 25.4 Å². The predicted octanol–water partition coefficient (Wildman–Crippen LogP) is 0.984. The van der Waals surface area contributed by atoms with E-state index < -0.39 is 42.0 Å². The molecule has 2 aliphatic heterocycles. The highest BCUT2D eigenvalue weighted by atomic mass is 32.2. The molecule has 14 heteroatoms. The van der Waals surface area contributed by atoms with Crippen LogP contribution in [0, 0.1) is 0 Å². The summed E-state index contributed by atoms with van der Waals surface area (Å²) in [7, 11) is 1.28. The second-order valence-corrected chi connectivity index (χ2v) is 9.23. The summed E-state index contributed by atoms with van der Waals surface area (Å²) in [4.78, 5) is 59.6. The van der Waals surface area contributed by atoms with Crippen molar-refractivity contribution in [3.63, 3.8) is 0 Å². The molecule has 2 aliphatic rings. The zero-order valence-electron chi connectivity index (χ0n) is 18.6. The number of anilines is 1. The molecular formula is C20H25N5O7S2. The maximum atomic E-state index is 12.8. The van der Waals surface area contributed by atoms with Crippen LogP contribution in [0.1, 0.15) is 38.3 Å². The number of amides is 2. The fourth-order valence-corrected chi connectivity index (χ4v) is 4.99. The minimum Gasteiger partial charge on any atom is -0.428 e. The number of β-lactam (4-membered cyclic amide) rings is 1. The van der Waals surface area contributed by atoms with Crippen LogP contribution in [0.15, 0.2) is 22.3 Å². The van der Waals surface area contributed by atoms with Gasteiger partial charge in [-0.15, -0.1) is 23.1 Å². The fourth-order valence-electron chi connectivity index (χ4n) is 3.25. The molecule has 0 aromatic carbocycles. The molecule has 0 saturated carbocycles. The van der Waals surface area contributed by atoms with Crippen LogP contribution in [0.25, 0.3) is 0 Å². The van der Waals surface area contributed by atoms with Crippen molar-refractivity contribution in [1.29, 1.82) is 0 Å². The number of carbonyl (C=O) groups excluding carboxylic acids is 4. The first-order chi connectivity index (χ1) is 16.4. The smallest absolute Gasteiger partial charge is 0.357 e. The van der Waals surface area contributed by atoms with Gasteiger partial charge in [0.15, 0.2) is 10.8 Å². The molecule has 12 nitrogen and oxygen atoms in total. The number of nitrogens with two attached hydrogens (primary N) is 1. The van der Waals surface area contributed by atoms with Gasteiger partial charge in [-0.25, -0.2) is 9.78 Å². The molecule has 1 unspecified atom stereocenters. The van der Waals surface area contributed by atoms with Crippen LogP contribution in [0.3, 0.4) is 0 Å². The number of thiazole rings is 1. The molecule has 3 heterocycles. The molecule has 3 N–H and O–H groups in total. The Morgan fingerprint density at radius 1 is 1.32 bits per heavy atom. The Morgan fingerprint density at radius 3 is 2.79 bits per heavy atom. The Kier molecular flexibility index (Phi) is 8.87. The summed E-state index contributed by atoms with van der Waals surface area (Å²) >= 11 is 2.50. The van der Waals surface area contributed by atoms with E-state index in [1.54, 1.807) is 11.5 Å². The highest BCUT2D eigenvalue weighted by molar-refractivity contribution is 8.00. The first kappa shape index (κ1) is 25.5. The van der Waals surface area contributed by atoms with Crippen LogP contribution < -0.4 is 11.1 Å². The topological polar surface area (TPSA) is 163 Å². The molecule has 1 saturated heterocycles. The molecule has 1 aromatic heterocycles. The zero-order chi connectivity index (χ0) is 24.7. The number of nitrogens with one attached hydrogen (secondary N) is 1. The van der Waals surface area contributed by atoms with Gasteiger partial charge in [-0.3, -0.25) is 19.3 Å². The van der Waals surface area contributed by atoms with Crippen LogP contribution >= 0.6 is 23.1 Å². The van der Waals surface area contributed by atoms with E-state index in [0.717, 1.165) is 24.2 Å². The van der Waals surface area contributed by atoms with Gasteiger partial charge in [-0.2, -0.15) is 0 Å². The summed E-state index contributed by atoms with van der Waals surface area (Å²) in [5.41, 5.74) is 5.75. The number of hydrogen-bond donors (Lipinski definition) is 2. The molecule has 3 rings (SSSR count). The van der Waals surface area contributed by atoms with E-state index in [-0.39, 0.29) is 28.7 Å². The molecule has 0 aliphatic carbocycles. The Balaban J connectivity index is 1.55. The third-order valence-corrected chi connectivity index (χ3v) is 6.76. The van der Waals surface area contributed by atoms with Gasteiger partial charge in [0.1, 0.15) is 29.9 Å². The number of carbonyl (C=O) groups is 4.